The Labute approximate surface area is 191 Å². The summed E-state index contributed by atoms with van der Waals surface area (Å²) in [6.07, 6.45) is 5.18. The molecular weight excluding hydrogens is 412 g/mol. The zero-order valence-electron chi connectivity index (χ0n) is 18.1. The second-order valence-electron chi connectivity index (χ2n) is 7.64. The summed E-state index contributed by atoms with van der Waals surface area (Å²) in [5.41, 5.74) is 3.77. The van der Waals surface area contributed by atoms with E-state index in [0.717, 1.165) is 33.3 Å². The Morgan fingerprint density at radius 2 is 1.79 bits per heavy atom. The minimum Gasteiger partial charge on any atom is -0.497 e. The lowest BCUT2D eigenvalue weighted by Gasteiger charge is -2.08. The third-order valence-electron chi connectivity index (χ3n) is 5.48. The van der Waals surface area contributed by atoms with Crippen LogP contribution in [0.2, 0.25) is 0 Å². The number of hydrogen-bond acceptors (Lipinski definition) is 4. The smallest absolute Gasteiger partial charge is 0.255 e. The first-order valence-corrected chi connectivity index (χ1v) is 10.6. The fraction of sp³-hybridized carbons (Fsp3) is 0.0741. The average Bonchev–Trinajstić information content (AvgIpc) is 3.34. The molecule has 6 heteroatoms. The number of amides is 1. The summed E-state index contributed by atoms with van der Waals surface area (Å²) in [6, 6.07) is 25.5. The highest BCUT2D eigenvalue weighted by Gasteiger charge is 2.18. The van der Waals surface area contributed by atoms with E-state index >= 15 is 0 Å². The van der Waals surface area contributed by atoms with Gasteiger partial charge in [-0.2, -0.15) is 5.10 Å². The number of carbonyl (C=O) groups excluding carboxylic acids is 1. The van der Waals surface area contributed by atoms with Crippen LogP contribution in [0.15, 0.2) is 97.5 Å². The van der Waals surface area contributed by atoms with Crippen molar-refractivity contribution in [1.82, 2.24) is 20.1 Å². The van der Waals surface area contributed by atoms with Crippen molar-refractivity contribution in [3.8, 4) is 22.7 Å². The van der Waals surface area contributed by atoms with E-state index in [0.29, 0.717) is 17.8 Å². The summed E-state index contributed by atoms with van der Waals surface area (Å²) in [5, 5.41) is 9.91. The van der Waals surface area contributed by atoms with E-state index in [2.05, 4.69) is 21.5 Å². The molecule has 0 bridgehead atoms. The van der Waals surface area contributed by atoms with Crippen molar-refractivity contribution in [2.75, 3.05) is 7.11 Å². The van der Waals surface area contributed by atoms with Gasteiger partial charge in [-0.15, -0.1) is 0 Å². The second kappa shape index (κ2) is 8.96. The number of para-hydroxylation sites is 1. The molecule has 2 heterocycles. The van der Waals surface area contributed by atoms with E-state index in [1.54, 1.807) is 30.4 Å². The third-order valence-corrected chi connectivity index (χ3v) is 5.48. The molecule has 0 aliphatic carbocycles. The average molecular weight is 434 g/mol. The van der Waals surface area contributed by atoms with Crippen LogP contribution in [0.1, 0.15) is 15.9 Å². The maximum absolute atomic E-state index is 13.2. The molecule has 1 amide bonds. The first-order valence-electron chi connectivity index (χ1n) is 10.6. The van der Waals surface area contributed by atoms with Gasteiger partial charge in [-0.25, -0.2) is 4.68 Å². The Morgan fingerprint density at radius 3 is 2.58 bits per heavy atom. The molecular formula is C27H22N4O2. The molecule has 2 aromatic heterocycles. The Kier molecular flexibility index (Phi) is 5.55. The van der Waals surface area contributed by atoms with E-state index in [4.69, 9.17) is 4.74 Å². The van der Waals surface area contributed by atoms with Crippen LogP contribution in [-0.4, -0.2) is 27.8 Å². The first-order chi connectivity index (χ1) is 16.2. The summed E-state index contributed by atoms with van der Waals surface area (Å²) in [6.45, 7) is 0.407. The van der Waals surface area contributed by atoms with Crippen molar-refractivity contribution in [3.63, 3.8) is 0 Å². The molecule has 33 heavy (non-hydrogen) atoms. The molecule has 0 unspecified atom stereocenters. The highest BCUT2D eigenvalue weighted by molar-refractivity contribution is 5.99. The number of benzene rings is 3. The Balaban J connectivity index is 1.42. The number of carbonyl (C=O) groups is 1. The summed E-state index contributed by atoms with van der Waals surface area (Å²) in [7, 11) is 1.66. The van der Waals surface area contributed by atoms with E-state index in [9.17, 15) is 4.79 Å². The van der Waals surface area contributed by atoms with Crippen LogP contribution >= 0.6 is 0 Å². The molecule has 162 valence electrons. The number of fused-ring (bicyclic) bond motifs is 1. The molecule has 0 aliphatic rings. The number of ether oxygens (including phenoxy) is 1. The van der Waals surface area contributed by atoms with E-state index in [1.807, 2.05) is 72.8 Å². The molecule has 0 saturated heterocycles. The highest BCUT2D eigenvalue weighted by atomic mass is 16.5. The fourth-order valence-electron chi connectivity index (χ4n) is 3.76. The van der Waals surface area contributed by atoms with Crippen molar-refractivity contribution in [1.29, 1.82) is 0 Å². The van der Waals surface area contributed by atoms with Crippen LogP contribution in [0.3, 0.4) is 0 Å². The van der Waals surface area contributed by atoms with Crippen LogP contribution < -0.4 is 10.1 Å². The number of rotatable bonds is 6. The molecule has 3 aromatic carbocycles. The van der Waals surface area contributed by atoms with Crippen molar-refractivity contribution in [2.24, 2.45) is 0 Å². The van der Waals surface area contributed by atoms with Crippen LogP contribution in [0.4, 0.5) is 0 Å². The lowest BCUT2D eigenvalue weighted by atomic mass is 10.1. The van der Waals surface area contributed by atoms with Gasteiger partial charge in [0.25, 0.3) is 5.91 Å². The topological polar surface area (TPSA) is 69.0 Å². The van der Waals surface area contributed by atoms with Gasteiger partial charge in [0.05, 0.1) is 18.4 Å². The summed E-state index contributed by atoms with van der Waals surface area (Å²) in [5.74, 6) is 0.632. The number of hydrogen-bond donors (Lipinski definition) is 1. The molecule has 0 radical (unpaired) electrons. The van der Waals surface area contributed by atoms with Gasteiger partial charge in [0.15, 0.2) is 0 Å². The van der Waals surface area contributed by atoms with Gasteiger partial charge in [0.2, 0.25) is 0 Å². The van der Waals surface area contributed by atoms with Crippen LogP contribution in [0, 0.1) is 0 Å². The third kappa shape index (κ3) is 4.32. The van der Waals surface area contributed by atoms with Gasteiger partial charge >= 0.3 is 0 Å². The maximum Gasteiger partial charge on any atom is 0.255 e. The predicted octanol–water partition coefficient (Wildman–Crippen LogP) is 5.03. The molecule has 5 rings (SSSR count). The Hall–Kier alpha value is -4.45. The van der Waals surface area contributed by atoms with Crippen LogP contribution in [0.25, 0.3) is 27.7 Å². The van der Waals surface area contributed by atoms with E-state index in [1.165, 1.54) is 0 Å². The summed E-state index contributed by atoms with van der Waals surface area (Å²) in [4.78, 5) is 17.4. The van der Waals surface area contributed by atoms with Gasteiger partial charge in [-0.1, -0.05) is 36.4 Å². The maximum atomic E-state index is 13.2. The summed E-state index contributed by atoms with van der Waals surface area (Å²) >= 11 is 0. The van der Waals surface area contributed by atoms with Crippen LogP contribution in [0.5, 0.6) is 5.75 Å². The normalized spacial score (nSPS) is 10.8. The minimum absolute atomic E-state index is 0.189. The van der Waals surface area contributed by atoms with Crippen molar-refractivity contribution in [3.05, 3.63) is 109 Å². The largest absolute Gasteiger partial charge is 0.497 e. The molecule has 6 nitrogen and oxygen atoms in total. The monoisotopic (exact) mass is 434 g/mol. The molecule has 0 spiro atoms. The number of pyridine rings is 1. The van der Waals surface area contributed by atoms with Gasteiger partial charge in [0.1, 0.15) is 11.4 Å². The van der Waals surface area contributed by atoms with Crippen molar-refractivity contribution in [2.45, 2.75) is 6.54 Å². The van der Waals surface area contributed by atoms with Gasteiger partial charge in [-0.05, 0) is 58.8 Å². The number of methoxy groups -OCH3 is 1. The SMILES string of the molecule is COc1ccc2cc(CNC(=O)c3cn(-c4ccccc4)nc3-c3cccnc3)ccc2c1. The van der Waals surface area contributed by atoms with Gasteiger partial charge in [0, 0.05) is 30.7 Å². The van der Waals surface area contributed by atoms with Crippen LogP contribution in [-0.2, 0) is 6.54 Å². The number of nitrogens with zero attached hydrogens (tertiary/aromatic N) is 3. The molecule has 0 saturated carbocycles. The van der Waals surface area contributed by atoms with Crippen molar-refractivity contribution < 1.29 is 9.53 Å². The Morgan fingerprint density at radius 1 is 0.970 bits per heavy atom. The first kappa shape index (κ1) is 20.5. The molecule has 0 aliphatic heterocycles. The molecule has 5 aromatic rings. The lowest BCUT2D eigenvalue weighted by molar-refractivity contribution is 0.0951. The molecule has 0 fully saturated rings. The fourth-order valence-corrected chi connectivity index (χ4v) is 3.76. The second-order valence-corrected chi connectivity index (χ2v) is 7.64. The minimum atomic E-state index is -0.189. The predicted molar refractivity (Wildman–Crippen MR) is 128 cm³/mol. The van der Waals surface area contributed by atoms with Gasteiger partial charge in [-0.3, -0.25) is 9.78 Å². The quantitative estimate of drug-likeness (QED) is 0.407. The molecule has 0 atom stereocenters. The zero-order chi connectivity index (χ0) is 22.6. The number of nitrogens with one attached hydrogen (secondary N) is 1. The Bertz CT molecular complexity index is 1410. The van der Waals surface area contributed by atoms with E-state index < -0.39 is 0 Å². The molecule has 1 N–H and O–H groups in total. The van der Waals surface area contributed by atoms with E-state index in [-0.39, 0.29) is 5.91 Å². The standard InChI is InChI=1S/C27H22N4O2/c1-33-24-12-11-20-14-19(9-10-21(20)15-24)16-29-27(32)25-18-31(23-7-3-2-4-8-23)30-26(25)22-6-5-13-28-17-22/h2-15,17-18H,16H2,1H3,(H,29,32). The van der Waals surface area contributed by atoms with Gasteiger partial charge < -0.3 is 10.1 Å². The lowest BCUT2D eigenvalue weighted by Crippen LogP contribution is -2.23. The number of aromatic nitrogens is 3. The zero-order valence-corrected chi connectivity index (χ0v) is 18.1. The van der Waals surface area contributed by atoms with Crippen molar-refractivity contribution >= 4 is 16.7 Å². The summed E-state index contributed by atoms with van der Waals surface area (Å²) < 4.78 is 7.02. The highest BCUT2D eigenvalue weighted by Crippen LogP contribution is 2.24.